The number of anilines is 1. The van der Waals surface area contributed by atoms with Crippen LogP contribution in [0.5, 0.6) is 5.75 Å². The number of phenols is 1. The maximum Gasteiger partial charge on any atom is 0.258 e. The van der Waals surface area contributed by atoms with Gasteiger partial charge in [-0.15, -0.1) is 0 Å². The molecule has 3 aromatic carbocycles. The summed E-state index contributed by atoms with van der Waals surface area (Å²) in [4.78, 5) is 29.8. The van der Waals surface area contributed by atoms with Crippen molar-refractivity contribution in [1.82, 2.24) is 10.3 Å². The molecule has 0 unspecified atom stereocenters. The first-order valence-corrected chi connectivity index (χ1v) is 10.7. The molecule has 33 heavy (non-hydrogen) atoms. The number of pyridine rings is 1. The SMILES string of the molecule is CC(=O)c1ccc2nc(-c3ccccc3O)cc(C(=O)NC(=S)Nc3cccc(C)c3)c2c1. The summed E-state index contributed by atoms with van der Waals surface area (Å²) in [6.07, 6.45) is 0. The summed E-state index contributed by atoms with van der Waals surface area (Å²) in [5, 5.41) is 16.7. The zero-order chi connectivity index (χ0) is 23.5. The van der Waals surface area contributed by atoms with E-state index >= 15 is 0 Å². The molecule has 0 saturated heterocycles. The van der Waals surface area contributed by atoms with E-state index < -0.39 is 5.91 Å². The summed E-state index contributed by atoms with van der Waals surface area (Å²) in [5.41, 5.74) is 4.00. The number of aromatic hydroxyl groups is 1. The molecule has 0 aliphatic rings. The Morgan fingerprint density at radius 3 is 2.48 bits per heavy atom. The number of aromatic nitrogens is 1. The molecule has 3 N–H and O–H groups in total. The monoisotopic (exact) mass is 455 g/mol. The van der Waals surface area contributed by atoms with Crippen LogP contribution in [0.15, 0.2) is 72.8 Å². The summed E-state index contributed by atoms with van der Waals surface area (Å²) in [5.74, 6) is -0.526. The molecule has 0 saturated carbocycles. The Bertz CT molecular complexity index is 1420. The summed E-state index contributed by atoms with van der Waals surface area (Å²) >= 11 is 5.34. The molecule has 164 valence electrons. The van der Waals surface area contributed by atoms with Crippen LogP contribution in [0.1, 0.15) is 33.2 Å². The van der Waals surface area contributed by atoms with Crippen molar-refractivity contribution in [1.29, 1.82) is 0 Å². The van der Waals surface area contributed by atoms with Crippen LogP contribution in [-0.4, -0.2) is 26.9 Å². The number of rotatable bonds is 4. The highest BCUT2D eigenvalue weighted by Crippen LogP contribution is 2.31. The van der Waals surface area contributed by atoms with E-state index in [-0.39, 0.29) is 22.2 Å². The minimum Gasteiger partial charge on any atom is -0.507 e. The van der Waals surface area contributed by atoms with Crippen LogP contribution in [-0.2, 0) is 0 Å². The fraction of sp³-hybridized carbons (Fsp3) is 0.0769. The fourth-order valence-electron chi connectivity index (χ4n) is 3.52. The van der Waals surface area contributed by atoms with Gasteiger partial charge in [0.25, 0.3) is 5.91 Å². The predicted octanol–water partition coefficient (Wildman–Crippen LogP) is 5.25. The predicted molar refractivity (Wildman–Crippen MR) is 134 cm³/mol. The largest absolute Gasteiger partial charge is 0.507 e. The molecule has 0 fully saturated rings. The highest BCUT2D eigenvalue weighted by atomic mass is 32.1. The molecule has 0 spiro atoms. The number of fused-ring (bicyclic) bond motifs is 1. The molecule has 4 rings (SSSR count). The summed E-state index contributed by atoms with van der Waals surface area (Å²) in [6, 6.07) is 21.0. The van der Waals surface area contributed by atoms with E-state index in [2.05, 4.69) is 15.6 Å². The van der Waals surface area contributed by atoms with Crippen molar-refractivity contribution in [3.8, 4) is 17.0 Å². The van der Waals surface area contributed by atoms with Crippen LogP contribution in [0.2, 0.25) is 0 Å². The van der Waals surface area contributed by atoms with Gasteiger partial charge >= 0.3 is 0 Å². The number of nitrogens with one attached hydrogen (secondary N) is 2. The Morgan fingerprint density at radius 2 is 1.76 bits per heavy atom. The van der Waals surface area contributed by atoms with Gasteiger partial charge in [-0.25, -0.2) is 4.98 Å². The Kier molecular flexibility index (Phi) is 6.15. The van der Waals surface area contributed by atoms with E-state index in [0.717, 1.165) is 11.3 Å². The lowest BCUT2D eigenvalue weighted by molar-refractivity contribution is 0.0976. The summed E-state index contributed by atoms with van der Waals surface area (Å²) in [7, 11) is 0. The topological polar surface area (TPSA) is 91.3 Å². The second-order valence-electron chi connectivity index (χ2n) is 7.64. The molecular formula is C26H21N3O3S. The number of para-hydroxylation sites is 1. The Labute approximate surface area is 196 Å². The second kappa shape index (κ2) is 9.18. The van der Waals surface area contributed by atoms with Gasteiger partial charge in [-0.2, -0.15) is 0 Å². The van der Waals surface area contributed by atoms with Gasteiger partial charge in [0.1, 0.15) is 5.75 Å². The minimum atomic E-state index is -0.454. The van der Waals surface area contributed by atoms with Gasteiger partial charge in [0.2, 0.25) is 0 Å². The highest BCUT2D eigenvalue weighted by Gasteiger charge is 2.17. The van der Waals surface area contributed by atoms with Crippen LogP contribution >= 0.6 is 12.2 Å². The Morgan fingerprint density at radius 1 is 0.970 bits per heavy atom. The molecule has 0 aliphatic carbocycles. The number of carbonyl (C=O) groups is 2. The van der Waals surface area contributed by atoms with Gasteiger partial charge in [0.05, 0.1) is 16.8 Å². The minimum absolute atomic E-state index is 0.0488. The van der Waals surface area contributed by atoms with Gasteiger partial charge in [0.15, 0.2) is 10.9 Å². The molecule has 0 bridgehead atoms. The third kappa shape index (κ3) is 4.88. The van der Waals surface area contributed by atoms with Crippen molar-refractivity contribution >= 4 is 45.6 Å². The molecule has 4 aromatic rings. The lowest BCUT2D eigenvalue weighted by Gasteiger charge is -2.13. The normalized spacial score (nSPS) is 10.6. The summed E-state index contributed by atoms with van der Waals surface area (Å²) in [6.45, 7) is 3.43. The van der Waals surface area contributed by atoms with E-state index in [1.807, 2.05) is 31.2 Å². The quantitative estimate of drug-likeness (QED) is 0.288. The lowest BCUT2D eigenvalue weighted by atomic mass is 10.0. The van der Waals surface area contributed by atoms with Crippen molar-refractivity contribution in [3.63, 3.8) is 0 Å². The first-order valence-electron chi connectivity index (χ1n) is 10.2. The maximum absolute atomic E-state index is 13.3. The van der Waals surface area contributed by atoms with Crippen molar-refractivity contribution in [2.45, 2.75) is 13.8 Å². The Hall–Kier alpha value is -4.10. The van der Waals surface area contributed by atoms with Gasteiger partial charge in [0, 0.05) is 22.2 Å². The summed E-state index contributed by atoms with van der Waals surface area (Å²) < 4.78 is 0. The number of aryl methyl sites for hydroxylation is 1. The molecule has 0 atom stereocenters. The first kappa shape index (κ1) is 22.1. The van der Waals surface area contributed by atoms with E-state index in [1.54, 1.807) is 48.5 Å². The van der Waals surface area contributed by atoms with E-state index in [4.69, 9.17) is 12.2 Å². The van der Waals surface area contributed by atoms with Crippen molar-refractivity contribution < 1.29 is 14.7 Å². The van der Waals surface area contributed by atoms with E-state index in [0.29, 0.717) is 27.7 Å². The van der Waals surface area contributed by atoms with Gasteiger partial charge in [-0.05, 0) is 80.2 Å². The molecule has 6 nitrogen and oxygen atoms in total. The van der Waals surface area contributed by atoms with Crippen LogP contribution in [0.4, 0.5) is 5.69 Å². The number of ketones is 1. The molecule has 1 amide bonds. The van der Waals surface area contributed by atoms with E-state index in [1.165, 1.54) is 6.92 Å². The number of carbonyl (C=O) groups excluding carboxylic acids is 2. The Balaban J connectivity index is 1.75. The number of hydrogen-bond donors (Lipinski definition) is 3. The lowest BCUT2D eigenvalue weighted by Crippen LogP contribution is -2.34. The average molecular weight is 456 g/mol. The molecule has 0 aliphatic heterocycles. The third-order valence-electron chi connectivity index (χ3n) is 5.14. The number of nitrogens with zero attached hydrogens (tertiary/aromatic N) is 1. The number of thiocarbonyl (C=S) groups is 1. The van der Waals surface area contributed by atoms with Crippen molar-refractivity contribution in [2.24, 2.45) is 0 Å². The zero-order valence-electron chi connectivity index (χ0n) is 18.0. The number of hydrogen-bond acceptors (Lipinski definition) is 5. The van der Waals surface area contributed by atoms with Crippen LogP contribution < -0.4 is 10.6 Å². The van der Waals surface area contributed by atoms with Gasteiger partial charge in [-0.3, -0.25) is 14.9 Å². The third-order valence-corrected chi connectivity index (χ3v) is 5.35. The van der Waals surface area contributed by atoms with Crippen LogP contribution in [0.3, 0.4) is 0 Å². The molecule has 0 radical (unpaired) electrons. The van der Waals surface area contributed by atoms with Crippen LogP contribution in [0.25, 0.3) is 22.2 Å². The van der Waals surface area contributed by atoms with E-state index in [9.17, 15) is 14.7 Å². The molecule has 7 heteroatoms. The highest BCUT2D eigenvalue weighted by molar-refractivity contribution is 7.80. The van der Waals surface area contributed by atoms with Gasteiger partial charge < -0.3 is 10.4 Å². The second-order valence-corrected chi connectivity index (χ2v) is 8.05. The number of Topliss-reactive ketones (excluding diaryl/α,β-unsaturated/α-hetero) is 1. The number of phenolic OH excluding ortho intramolecular Hbond substituents is 1. The maximum atomic E-state index is 13.3. The van der Waals surface area contributed by atoms with Crippen molar-refractivity contribution in [3.05, 3.63) is 89.5 Å². The molecular weight excluding hydrogens is 434 g/mol. The number of amides is 1. The van der Waals surface area contributed by atoms with Crippen LogP contribution in [0, 0.1) is 6.92 Å². The standard InChI is InChI=1S/C26H21N3O3S/c1-15-6-5-7-18(12-15)27-26(33)29-25(32)21-14-23(19-8-3-4-9-24(19)31)28-22-11-10-17(16(2)30)13-20(21)22/h3-14,31H,1-2H3,(H2,27,29,32,33). The number of benzene rings is 3. The fourth-order valence-corrected chi connectivity index (χ4v) is 3.73. The molecule has 1 heterocycles. The molecule has 1 aromatic heterocycles. The van der Waals surface area contributed by atoms with Gasteiger partial charge in [-0.1, -0.05) is 24.3 Å². The smallest absolute Gasteiger partial charge is 0.258 e. The van der Waals surface area contributed by atoms with Crippen molar-refractivity contribution in [2.75, 3.05) is 5.32 Å². The zero-order valence-corrected chi connectivity index (χ0v) is 18.9. The average Bonchev–Trinajstić information content (AvgIpc) is 2.78. The first-order chi connectivity index (χ1) is 15.8.